The molecule has 0 heterocycles. The maximum atomic E-state index is 13.7. The monoisotopic (exact) mass is 380 g/mol. The molecule has 0 saturated carbocycles. The van der Waals surface area contributed by atoms with Crippen LogP contribution >= 0.6 is 50.7 Å². The maximum absolute atomic E-state index is 13.7. The van der Waals surface area contributed by atoms with E-state index < -0.39 is 0 Å². The van der Waals surface area contributed by atoms with Gasteiger partial charge in [0.1, 0.15) is 5.82 Å². The highest BCUT2D eigenvalue weighted by atomic mass is 79.9. The topological polar surface area (TPSA) is 0 Å². The molecular formula is C14H9BrCl3F. The van der Waals surface area contributed by atoms with Gasteiger partial charge in [0, 0.05) is 25.5 Å². The van der Waals surface area contributed by atoms with Crippen molar-refractivity contribution in [1.82, 2.24) is 0 Å². The van der Waals surface area contributed by atoms with E-state index in [1.165, 1.54) is 6.07 Å². The lowest BCUT2D eigenvalue weighted by Crippen LogP contribution is -1.99. The normalized spacial score (nSPS) is 12.5. The molecule has 0 aromatic heterocycles. The van der Waals surface area contributed by atoms with Gasteiger partial charge in [-0.3, -0.25) is 0 Å². The summed E-state index contributed by atoms with van der Waals surface area (Å²) in [5.74, 6) is -0.315. The second-order valence-corrected chi connectivity index (χ2v) is 6.46. The fraction of sp³-hybridized carbons (Fsp3) is 0.143. The smallest absolute Gasteiger partial charge is 0.127 e. The molecule has 2 rings (SSSR count). The van der Waals surface area contributed by atoms with E-state index in [4.69, 9.17) is 34.8 Å². The third kappa shape index (κ3) is 3.85. The molecule has 0 aliphatic rings. The standard InChI is InChI=1S/C14H9BrCl3F/c15-12(8-4-9(16)6-10(17)5-8)7-11-13(18)2-1-3-14(11)19/h1-6,12H,7H2. The average molecular weight is 382 g/mol. The molecule has 0 bridgehead atoms. The summed E-state index contributed by atoms with van der Waals surface area (Å²) in [4.78, 5) is -0.113. The van der Waals surface area contributed by atoms with Gasteiger partial charge in [-0.1, -0.05) is 56.8 Å². The first-order valence-corrected chi connectivity index (χ1v) is 7.55. The Morgan fingerprint density at radius 1 is 1.05 bits per heavy atom. The van der Waals surface area contributed by atoms with Crippen molar-refractivity contribution in [2.75, 3.05) is 0 Å². The van der Waals surface area contributed by atoms with E-state index in [9.17, 15) is 4.39 Å². The van der Waals surface area contributed by atoms with Crippen molar-refractivity contribution in [3.05, 3.63) is 68.4 Å². The van der Waals surface area contributed by atoms with Crippen LogP contribution in [0.15, 0.2) is 36.4 Å². The molecule has 2 aromatic rings. The Kier molecular flexibility index (Phi) is 5.13. The van der Waals surface area contributed by atoms with Crippen LogP contribution in [-0.2, 0) is 6.42 Å². The van der Waals surface area contributed by atoms with Crippen molar-refractivity contribution in [2.45, 2.75) is 11.2 Å². The van der Waals surface area contributed by atoms with Gasteiger partial charge in [-0.25, -0.2) is 4.39 Å². The van der Waals surface area contributed by atoms with Gasteiger partial charge in [0.2, 0.25) is 0 Å². The van der Waals surface area contributed by atoms with Crippen LogP contribution < -0.4 is 0 Å². The Hall–Kier alpha value is -0.280. The number of benzene rings is 2. The van der Waals surface area contributed by atoms with Gasteiger partial charge in [-0.05, 0) is 42.3 Å². The van der Waals surface area contributed by atoms with E-state index in [0.717, 1.165) is 5.56 Å². The summed E-state index contributed by atoms with van der Waals surface area (Å²) in [5, 5.41) is 1.51. The predicted molar refractivity (Wildman–Crippen MR) is 83.2 cm³/mol. The minimum absolute atomic E-state index is 0.113. The number of hydrogen-bond acceptors (Lipinski definition) is 0. The van der Waals surface area contributed by atoms with Crippen LogP contribution in [0.3, 0.4) is 0 Å². The van der Waals surface area contributed by atoms with Crippen LogP contribution in [0.1, 0.15) is 16.0 Å². The molecular weight excluding hydrogens is 373 g/mol. The van der Waals surface area contributed by atoms with E-state index in [1.54, 1.807) is 30.3 Å². The number of alkyl halides is 1. The lowest BCUT2D eigenvalue weighted by molar-refractivity contribution is 0.608. The molecule has 0 aliphatic carbocycles. The fourth-order valence-corrected chi connectivity index (χ4v) is 3.15. The summed E-state index contributed by atoms with van der Waals surface area (Å²) in [6.07, 6.45) is 0.419. The molecule has 0 spiro atoms. The van der Waals surface area contributed by atoms with Crippen LogP contribution in [0, 0.1) is 5.82 Å². The summed E-state index contributed by atoms with van der Waals surface area (Å²) >= 11 is 21.4. The van der Waals surface area contributed by atoms with E-state index in [0.29, 0.717) is 27.1 Å². The van der Waals surface area contributed by atoms with Crippen molar-refractivity contribution in [1.29, 1.82) is 0 Å². The SMILES string of the molecule is Fc1cccc(Cl)c1CC(Br)c1cc(Cl)cc(Cl)c1. The lowest BCUT2D eigenvalue weighted by Gasteiger charge is -2.13. The van der Waals surface area contributed by atoms with Crippen LogP contribution in [0.4, 0.5) is 4.39 Å². The molecule has 0 nitrogen and oxygen atoms in total. The van der Waals surface area contributed by atoms with Crippen molar-refractivity contribution in [3.63, 3.8) is 0 Å². The molecule has 19 heavy (non-hydrogen) atoms. The van der Waals surface area contributed by atoms with Gasteiger partial charge in [-0.15, -0.1) is 0 Å². The van der Waals surface area contributed by atoms with Crippen LogP contribution in [0.5, 0.6) is 0 Å². The van der Waals surface area contributed by atoms with Gasteiger partial charge in [-0.2, -0.15) is 0 Å². The zero-order chi connectivity index (χ0) is 14.0. The van der Waals surface area contributed by atoms with Crippen molar-refractivity contribution >= 4 is 50.7 Å². The number of halogens is 5. The molecule has 0 N–H and O–H groups in total. The summed E-state index contributed by atoms with van der Waals surface area (Å²) in [6.45, 7) is 0. The average Bonchev–Trinajstić information content (AvgIpc) is 2.32. The Morgan fingerprint density at radius 2 is 1.68 bits per heavy atom. The Labute approximate surface area is 134 Å². The zero-order valence-electron chi connectivity index (χ0n) is 9.64. The summed E-state index contributed by atoms with van der Waals surface area (Å²) < 4.78 is 13.7. The Morgan fingerprint density at radius 3 is 2.26 bits per heavy atom. The van der Waals surface area contributed by atoms with Crippen LogP contribution in [-0.4, -0.2) is 0 Å². The Balaban J connectivity index is 2.28. The molecule has 1 atom stereocenters. The Bertz CT molecular complexity index is 561. The van der Waals surface area contributed by atoms with Gasteiger partial charge in [0.05, 0.1) is 0 Å². The van der Waals surface area contributed by atoms with Gasteiger partial charge < -0.3 is 0 Å². The van der Waals surface area contributed by atoms with Crippen LogP contribution in [0.2, 0.25) is 15.1 Å². The van der Waals surface area contributed by atoms with E-state index in [-0.39, 0.29) is 10.6 Å². The molecule has 5 heteroatoms. The van der Waals surface area contributed by atoms with Crippen molar-refractivity contribution < 1.29 is 4.39 Å². The van der Waals surface area contributed by atoms with E-state index >= 15 is 0 Å². The lowest BCUT2D eigenvalue weighted by atomic mass is 10.0. The first-order valence-electron chi connectivity index (χ1n) is 5.50. The highest BCUT2D eigenvalue weighted by Crippen LogP contribution is 2.33. The minimum Gasteiger partial charge on any atom is -0.207 e. The summed E-state index contributed by atoms with van der Waals surface area (Å²) in [6, 6.07) is 9.89. The molecule has 1 unspecified atom stereocenters. The second kappa shape index (κ2) is 6.45. The number of rotatable bonds is 3. The first-order chi connectivity index (χ1) is 8.97. The minimum atomic E-state index is -0.315. The third-order valence-electron chi connectivity index (χ3n) is 2.69. The third-order valence-corrected chi connectivity index (χ3v) is 4.33. The molecule has 0 saturated heterocycles. The highest BCUT2D eigenvalue weighted by molar-refractivity contribution is 9.09. The highest BCUT2D eigenvalue weighted by Gasteiger charge is 2.15. The van der Waals surface area contributed by atoms with E-state index in [2.05, 4.69) is 15.9 Å². The van der Waals surface area contributed by atoms with Gasteiger partial charge in [0.25, 0.3) is 0 Å². The number of hydrogen-bond donors (Lipinski definition) is 0. The summed E-state index contributed by atoms with van der Waals surface area (Å²) in [7, 11) is 0. The van der Waals surface area contributed by atoms with E-state index in [1.807, 2.05) is 0 Å². The first kappa shape index (κ1) is 15.1. The largest absolute Gasteiger partial charge is 0.207 e. The van der Waals surface area contributed by atoms with Crippen molar-refractivity contribution in [2.24, 2.45) is 0 Å². The quantitative estimate of drug-likeness (QED) is 0.534. The van der Waals surface area contributed by atoms with Gasteiger partial charge >= 0.3 is 0 Å². The van der Waals surface area contributed by atoms with Gasteiger partial charge in [0.15, 0.2) is 0 Å². The fourth-order valence-electron chi connectivity index (χ4n) is 1.78. The zero-order valence-corrected chi connectivity index (χ0v) is 13.5. The molecule has 0 amide bonds. The second-order valence-electron chi connectivity index (χ2n) is 4.07. The molecule has 2 aromatic carbocycles. The summed E-state index contributed by atoms with van der Waals surface area (Å²) in [5.41, 5.74) is 1.36. The maximum Gasteiger partial charge on any atom is 0.127 e. The van der Waals surface area contributed by atoms with Crippen molar-refractivity contribution in [3.8, 4) is 0 Å². The molecule has 0 fully saturated rings. The predicted octanol–water partition coefficient (Wildman–Crippen LogP) is 6.46. The molecule has 0 aliphatic heterocycles. The molecule has 0 radical (unpaired) electrons. The van der Waals surface area contributed by atoms with Crippen LogP contribution in [0.25, 0.3) is 0 Å². The molecule has 100 valence electrons.